The zero-order chi connectivity index (χ0) is 14.7. The second-order valence-electron chi connectivity index (χ2n) is 4.55. The first-order valence-electron chi connectivity index (χ1n) is 6.09. The van der Waals surface area contributed by atoms with Crippen molar-refractivity contribution in [1.29, 1.82) is 0 Å². The smallest absolute Gasteiger partial charge is 0.138 e. The lowest BCUT2D eigenvalue weighted by Crippen LogP contribution is -2.29. The predicted octanol–water partition coefficient (Wildman–Crippen LogP) is 4.19. The van der Waals surface area contributed by atoms with Gasteiger partial charge < -0.3 is 10.5 Å². The van der Waals surface area contributed by atoms with Gasteiger partial charge in [-0.1, -0.05) is 28.1 Å². The van der Waals surface area contributed by atoms with Gasteiger partial charge in [-0.3, -0.25) is 0 Å². The van der Waals surface area contributed by atoms with Crippen molar-refractivity contribution in [2.24, 2.45) is 5.73 Å². The summed E-state index contributed by atoms with van der Waals surface area (Å²) in [4.78, 5) is 0. The quantitative estimate of drug-likeness (QED) is 0.904. The molecule has 0 aliphatic heterocycles. The van der Waals surface area contributed by atoms with E-state index >= 15 is 0 Å². The fourth-order valence-corrected chi connectivity index (χ4v) is 2.32. The number of halogens is 3. The highest BCUT2D eigenvalue weighted by atomic mass is 79.9. The van der Waals surface area contributed by atoms with Crippen LogP contribution in [-0.2, 0) is 0 Å². The van der Waals surface area contributed by atoms with Crippen molar-refractivity contribution in [2.75, 3.05) is 0 Å². The highest BCUT2D eigenvalue weighted by Crippen LogP contribution is 2.27. The molecule has 106 valence electrons. The zero-order valence-corrected chi connectivity index (χ0v) is 12.4. The van der Waals surface area contributed by atoms with Crippen LogP contribution in [-0.4, -0.2) is 6.04 Å². The minimum Gasteiger partial charge on any atom is -0.484 e. The van der Waals surface area contributed by atoms with Gasteiger partial charge in [-0.05, 0) is 36.8 Å². The van der Waals surface area contributed by atoms with Crippen molar-refractivity contribution >= 4 is 15.9 Å². The average Bonchev–Trinajstić information content (AvgIpc) is 2.36. The second kappa shape index (κ2) is 6.33. The predicted molar refractivity (Wildman–Crippen MR) is 77.5 cm³/mol. The van der Waals surface area contributed by atoms with E-state index in [0.717, 1.165) is 5.56 Å². The Morgan fingerprint density at radius 2 is 1.70 bits per heavy atom. The first-order valence-corrected chi connectivity index (χ1v) is 6.89. The molecule has 0 heterocycles. The van der Waals surface area contributed by atoms with E-state index in [2.05, 4.69) is 15.9 Å². The van der Waals surface area contributed by atoms with Crippen LogP contribution in [0.3, 0.4) is 0 Å². The number of ether oxygens (including phenoxy) is 1. The van der Waals surface area contributed by atoms with Crippen LogP contribution < -0.4 is 10.5 Å². The molecule has 0 bridgehead atoms. The molecule has 2 atom stereocenters. The molecule has 2 nitrogen and oxygen atoms in total. The third-order valence-corrected chi connectivity index (χ3v) is 3.23. The molecule has 2 aromatic rings. The minimum atomic E-state index is -0.482. The fourth-order valence-electron chi connectivity index (χ4n) is 1.87. The van der Waals surface area contributed by atoms with Crippen molar-refractivity contribution in [2.45, 2.75) is 19.1 Å². The van der Waals surface area contributed by atoms with Gasteiger partial charge in [0.05, 0.1) is 0 Å². The topological polar surface area (TPSA) is 35.2 Å². The van der Waals surface area contributed by atoms with Crippen LogP contribution in [0.1, 0.15) is 18.6 Å². The van der Waals surface area contributed by atoms with Crippen molar-refractivity contribution in [1.82, 2.24) is 0 Å². The summed E-state index contributed by atoms with van der Waals surface area (Å²) >= 11 is 3.20. The van der Waals surface area contributed by atoms with Gasteiger partial charge in [0, 0.05) is 16.6 Å². The summed E-state index contributed by atoms with van der Waals surface area (Å²) in [5.41, 5.74) is 6.64. The summed E-state index contributed by atoms with van der Waals surface area (Å²) in [6.07, 6.45) is -0.482. The third-order valence-electron chi connectivity index (χ3n) is 2.78. The minimum absolute atomic E-state index is 0.328. The summed E-state index contributed by atoms with van der Waals surface area (Å²) in [7, 11) is 0. The van der Waals surface area contributed by atoms with Crippen LogP contribution >= 0.6 is 15.9 Å². The molecular weight excluding hydrogens is 328 g/mol. The monoisotopic (exact) mass is 341 g/mol. The molecule has 0 aromatic heterocycles. The number of rotatable bonds is 4. The maximum absolute atomic E-state index is 13.3. The largest absolute Gasteiger partial charge is 0.484 e. The standard InChI is InChI=1S/C15H14BrF2NO/c1-9(19)15(10-2-4-12(17)5-3-10)20-14-7-11(16)6-13(18)8-14/h2-9,15H,19H2,1H3. The molecule has 2 rings (SSSR count). The molecule has 2 N–H and O–H groups in total. The van der Waals surface area contributed by atoms with Crippen molar-refractivity contribution < 1.29 is 13.5 Å². The highest BCUT2D eigenvalue weighted by molar-refractivity contribution is 9.10. The highest BCUT2D eigenvalue weighted by Gasteiger charge is 2.19. The van der Waals surface area contributed by atoms with Gasteiger partial charge in [-0.15, -0.1) is 0 Å². The molecule has 0 spiro atoms. The van der Waals surface area contributed by atoms with E-state index in [4.69, 9.17) is 10.5 Å². The van der Waals surface area contributed by atoms with Gasteiger partial charge in [0.25, 0.3) is 0 Å². The lowest BCUT2D eigenvalue weighted by Gasteiger charge is -2.23. The molecular formula is C15H14BrF2NO. The van der Waals surface area contributed by atoms with Crippen LogP contribution in [0.5, 0.6) is 5.75 Å². The van der Waals surface area contributed by atoms with E-state index < -0.39 is 11.9 Å². The van der Waals surface area contributed by atoms with Crippen molar-refractivity contribution in [3.05, 3.63) is 64.1 Å². The maximum Gasteiger partial charge on any atom is 0.138 e. The molecule has 0 amide bonds. The molecule has 0 fully saturated rings. The molecule has 2 aromatic carbocycles. The van der Waals surface area contributed by atoms with E-state index in [1.807, 2.05) is 0 Å². The van der Waals surface area contributed by atoms with Crippen molar-refractivity contribution in [3.8, 4) is 5.75 Å². The first kappa shape index (κ1) is 14.9. The Bertz CT molecular complexity index is 567. The van der Waals surface area contributed by atoms with Gasteiger partial charge >= 0.3 is 0 Å². The van der Waals surface area contributed by atoms with Crippen LogP contribution in [0.4, 0.5) is 8.78 Å². The van der Waals surface area contributed by atoms with E-state index in [9.17, 15) is 8.78 Å². The van der Waals surface area contributed by atoms with Crippen LogP contribution in [0.15, 0.2) is 46.9 Å². The fraction of sp³-hybridized carbons (Fsp3) is 0.200. The molecule has 2 unspecified atom stereocenters. The summed E-state index contributed by atoms with van der Waals surface area (Å²) in [6, 6.07) is 9.85. The van der Waals surface area contributed by atoms with Crippen LogP contribution in [0, 0.1) is 11.6 Å². The first-order chi connectivity index (χ1) is 9.45. The summed E-state index contributed by atoms with van der Waals surface area (Å²) in [5.74, 6) is -0.369. The SMILES string of the molecule is CC(N)C(Oc1cc(F)cc(Br)c1)c1ccc(F)cc1. The summed E-state index contributed by atoms with van der Waals surface area (Å²) in [5, 5.41) is 0. The number of nitrogens with two attached hydrogens (primary N) is 1. The Labute approximate surface area is 124 Å². The Kier molecular flexibility index (Phi) is 4.73. The van der Waals surface area contributed by atoms with E-state index in [1.54, 1.807) is 25.1 Å². The van der Waals surface area contributed by atoms with Gasteiger partial charge in [-0.25, -0.2) is 8.78 Å². The molecule has 0 aliphatic rings. The number of hydrogen-bond donors (Lipinski definition) is 1. The Hall–Kier alpha value is -1.46. The molecule has 0 saturated heterocycles. The second-order valence-corrected chi connectivity index (χ2v) is 5.47. The lowest BCUT2D eigenvalue weighted by atomic mass is 10.0. The molecule has 0 radical (unpaired) electrons. The summed E-state index contributed by atoms with van der Waals surface area (Å²) in [6.45, 7) is 1.78. The van der Waals surface area contributed by atoms with Gasteiger partial charge in [-0.2, -0.15) is 0 Å². The van der Waals surface area contributed by atoms with Gasteiger partial charge in [0.2, 0.25) is 0 Å². The third kappa shape index (κ3) is 3.77. The number of benzene rings is 2. The summed E-state index contributed by atoms with van der Waals surface area (Å²) < 4.78 is 32.6. The van der Waals surface area contributed by atoms with E-state index in [1.165, 1.54) is 24.3 Å². The van der Waals surface area contributed by atoms with Gasteiger partial charge in [0.15, 0.2) is 0 Å². The van der Waals surface area contributed by atoms with Gasteiger partial charge in [0.1, 0.15) is 23.5 Å². The molecule has 20 heavy (non-hydrogen) atoms. The molecule has 0 aliphatic carbocycles. The Balaban J connectivity index is 2.27. The van der Waals surface area contributed by atoms with E-state index in [0.29, 0.717) is 10.2 Å². The van der Waals surface area contributed by atoms with Crippen molar-refractivity contribution in [3.63, 3.8) is 0 Å². The Morgan fingerprint density at radius 3 is 2.25 bits per heavy atom. The number of hydrogen-bond acceptors (Lipinski definition) is 2. The van der Waals surface area contributed by atoms with E-state index in [-0.39, 0.29) is 11.9 Å². The molecule has 0 saturated carbocycles. The van der Waals surface area contributed by atoms with Crippen LogP contribution in [0.25, 0.3) is 0 Å². The Morgan fingerprint density at radius 1 is 1.05 bits per heavy atom. The average molecular weight is 342 g/mol. The lowest BCUT2D eigenvalue weighted by molar-refractivity contribution is 0.179. The van der Waals surface area contributed by atoms with Crippen LogP contribution in [0.2, 0.25) is 0 Å². The maximum atomic E-state index is 13.3. The zero-order valence-electron chi connectivity index (χ0n) is 10.8. The normalized spacial score (nSPS) is 13.8. The molecule has 5 heteroatoms.